The lowest BCUT2D eigenvalue weighted by molar-refractivity contribution is -0.136. The molecule has 144 valence electrons. The van der Waals surface area contributed by atoms with Crippen molar-refractivity contribution in [1.29, 1.82) is 0 Å². The molecule has 0 radical (unpaired) electrons. The molecule has 2 aromatic rings. The van der Waals surface area contributed by atoms with Crippen molar-refractivity contribution >= 4 is 57.3 Å². The lowest BCUT2D eigenvalue weighted by Crippen LogP contribution is -2.36. The number of aromatic nitrogens is 1. The van der Waals surface area contributed by atoms with Gasteiger partial charge < -0.3 is 10.4 Å². The van der Waals surface area contributed by atoms with Crippen molar-refractivity contribution in [2.24, 2.45) is 0 Å². The molecule has 0 saturated carbocycles. The van der Waals surface area contributed by atoms with Crippen LogP contribution in [-0.2, 0) is 20.8 Å². The van der Waals surface area contributed by atoms with E-state index in [1.807, 2.05) is 31.2 Å². The van der Waals surface area contributed by atoms with Crippen LogP contribution in [0.5, 0.6) is 0 Å². The first-order chi connectivity index (χ1) is 13.3. The van der Waals surface area contributed by atoms with E-state index in [-0.39, 0.29) is 16.5 Å². The molecule has 3 amide bonds. The van der Waals surface area contributed by atoms with Crippen molar-refractivity contribution in [3.63, 3.8) is 0 Å². The number of hydrogen-bond donors (Lipinski definition) is 2. The molecular weight excluding hydrogens is 402 g/mol. The van der Waals surface area contributed by atoms with Gasteiger partial charge in [0, 0.05) is 5.38 Å². The maximum absolute atomic E-state index is 12.5. The molecule has 10 heteroatoms. The van der Waals surface area contributed by atoms with Gasteiger partial charge in [-0.3, -0.25) is 24.1 Å². The van der Waals surface area contributed by atoms with Gasteiger partial charge in [0.15, 0.2) is 5.13 Å². The number of rotatable bonds is 6. The Morgan fingerprint density at radius 1 is 1.32 bits per heavy atom. The van der Waals surface area contributed by atoms with Crippen LogP contribution >= 0.6 is 23.1 Å². The number of thiazole rings is 1. The van der Waals surface area contributed by atoms with E-state index in [9.17, 15) is 19.2 Å². The summed E-state index contributed by atoms with van der Waals surface area (Å²) in [6.07, 6.45) is 1.37. The molecule has 3 rings (SSSR count). The SMILES string of the molecule is Cc1cccc(/C=C2\SC(=O)N(CC(=O)Nc3nc(CC(=O)O)cs3)C2=O)c1. The van der Waals surface area contributed by atoms with Gasteiger partial charge >= 0.3 is 5.97 Å². The lowest BCUT2D eigenvalue weighted by Gasteiger charge is -2.11. The van der Waals surface area contributed by atoms with Crippen LogP contribution in [0.1, 0.15) is 16.8 Å². The summed E-state index contributed by atoms with van der Waals surface area (Å²) in [5.74, 6) is -2.14. The molecule has 1 aromatic heterocycles. The summed E-state index contributed by atoms with van der Waals surface area (Å²) in [6.45, 7) is 1.48. The molecule has 0 aliphatic carbocycles. The monoisotopic (exact) mass is 417 g/mol. The number of benzene rings is 1. The fourth-order valence-corrected chi connectivity index (χ4v) is 4.02. The van der Waals surface area contributed by atoms with Crippen LogP contribution in [0, 0.1) is 6.92 Å². The molecule has 1 saturated heterocycles. The van der Waals surface area contributed by atoms with Gasteiger partial charge in [-0.2, -0.15) is 0 Å². The summed E-state index contributed by atoms with van der Waals surface area (Å²) in [5.41, 5.74) is 2.14. The number of aryl methyl sites for hydroxylation is 1. The largest absolute Gasteiger partial charge is 0.481 e. The first kappa shape index (κ1) is 19.8. The van der Waals surface area contributed by atoms with Gasteiger partial charge in [-0.1, -0.05) is 29.8 Å². The summed E-state index contributed by atoms with van der Waals surface area (Å²) in [7, 11) is 0. The normalized spacial score (nSPS) is 15.3. The van der Waals surface area contributed by atoms with Crippen LogP contribution in [-0.4, -0.2) is 44.6 Å². The number of anilines is 1. The van der Waals surface area contributed by atoms with E-state index in [0.29, 0.717) is 5.69 Å². The third-order valence-electron chi connectivity index (χ3n) is 3.65. The molecule has 8 nitrogen and oxygen atoms in total. The number of carbonyl (C=O) groups excluding carboxylic acids is 3. The van der Waals surface area contributed by atoms with Gasteiger partial charge in [0.05, 0.1) is 17.0 Å². The Morgan fingerprint density at radius 2 is 2.11 bits per heavy atom. The smallest absolute Gasteiger partial charge is 0.309 e. The topological polar surface area (TPSA) is 117 Å². The fourth-order valence-electron chi connectivity index (χ4n) is 2.45. The number of nitrogens with one attached hydrogen (secondary N) is 1. The van der Waals surface area contributed by atoms with Crippen LogP contribution in [0.4, 0.5) is 9.93 Å². The molecule has 0 bridgehead atoms. The van der Waals surface area contributed by atoms with Crippen molar-refractivity contribution in [3.05, 3.63) is 51.4 Å². The van der Waals surface area contributed by atoms with E-state index in [2.05, 4.69) is 10.3 Å². The minimum atomic E-state index is -1.03. The number of imide groups is 1. The number of amides is 3. The average Bonchev–Trinajstić information content (AvgIpc) is 3.14. The van der Waals surface area contributed by atoms with Crippen LogP contribution < -0.4 is 5.32 Å². The molecular formula is C18H15N3O5S2. The Balaban J connectivity index is 1.64. The zero-order chi connectivity index (χ0) is 20.3. The molecule has 28 heavy (non-hydrogen) atoms. The average molecular weight is 417 g/mol. The zero-order valence-corrected chi connectivity index (χ0v) is 16.3. The number of carboxylic acids is 1. The van der Waals surface area contributed by atoms with E-state index in [1.165, 1.54) is 5.38 Å². The van der Waals surface area contributed by atoms with Gasteiger partial charge in [-0.15, -0.1) is 11.3 Å². The van der Waals surface area contributed by atoms with Crippen LogP contribution in [0.15, 0.2) is 34.6 Å². The molecule has 0 unspecified atom stereocenters. The van der Waals surface area contributed by atoms with E-state index < -0.39 is 29.6 Å². The predicted molar refractivity (Wildman–Crippen MR) is 106 cm³/mol. The molecule has 0 spiro atoms. The van der Waals surface area contributed by atoms with Gasteiger partial charge in [0.1, 0.15) is 6.54 Å². The van der Waals surface area contributed by atoms with Crippen molar-refractivity contribution in [1.82, 2.24) is 9.88 Å². The van der Waals surface area contributed by atoms with E-state index in [0.717, 1.165) is 39.1 Å². The summed E-state index contributed by atoms with van der Waals surface area (Å²) in [6, 6.07) is 7.49. The van der Waals surface area contributed by atoms with Gasteiger partial charge in [-0.05, 0) is 30.3 Å². The van der Waals surface area contributed by atoms with E-state index in [1.54, 1.807) is 6.08 Å². The Morgan fingerprint density at radius 3 is 2.82 bits per heavy atom. The standard InChI is InChI=1S/C18H15N3O5S2/c1-10-3-2-4-11(5-10)6-13-16(25)21(18(26)28-13)8-14(22)20-17-19-12(9-27-17)7-15(23)24/h2-6,9H,7-8H2,1H3,(H,23,24)(H,19,20,22)/b13-6-. The number of nitrogens with zero attached hydrogens (tertiary/aromatic N) is 2. The molecule has 1 aliphatic heterocycles. The highest BCUT2D eigenvalue weighted by Crippen LogP contribution is 2.32. The molecule has 1 aromatic carbocycles. The molecule has 2 N–H and O–H groups in total. The Kier molecular flexibility index (Phi) is 5.90. The lowest BCUT2D eigenvalue weighted by atomic mass is 10.1. The third kappa shape index (κ3) is 4.84. The molecule has 1 aliphatic rings. The van der Waals surface area contributed by atoms with Gasteiger partial charge in [0.25, 0.3) is 11.1 Å². The van der Waals surface area contributed by atoms with Gasteiger partial charge in [-0.25, -0.2) is 4.98 Å². The molecule has 0 atom stereocenters. The highest BCUT2D eigenvalue weighted by Gasteiger charge is 2.36. The van der Waals surface area contributed by atoms with Gasteiger partial charge in [0.2, 0.25) is 5.91 Å². The minimum Gasteiger partial charge on any atom is -0.481 e. The van der Waals surface area contributed by atoms with Crippen molar-refractivity contribution < 1.29 is 24.3 Å². The maximum atomic E-state index is 12.5. The van der Waals surface area contributed by atoms with Crippen LogP contribution in [0.25, 0.3) is 6.08 Å². The third-order valence-corrected chi connectivity index (χ3v) is 5.36. The zero-order valence-electron chi connectivity index (χ0n) is 14.7. The quantitative estimate of drug-likeness (QED) is 0.694. The maximum Gasteiger partial charge on any atom is 0.309 e. The second-order valence-electron chi connectivity index (χ2n) is 5.94. The summed E-state index contributed by atoms with van der Waals surface area (Å²) in [4.78, 5) is 52.5. The molecule has 1 fully saturated rings. The first-order valence-electron chi connectivity index (χ1n) is 8.10. The number of thioether (sulfide) groups is 1. The fraction of sp³-hybridized carbons (Fsp3) is 0.167. The van der Waals surface area contributed by atoms with Crippen LogP contribution in [0.3, 0.4) is 0 Å². The summed E-state index contributed by atoms with van der Waals surface area (Å²) in [5, 5.41) is 12.4. The Hall–Kier alpha value is -2.98. The van der Waals surface area contributed by atoms with E-state index in [4.69, 9.17) is 5.11 Å². The Labute approximate surface area is 168 Å². The predicted octanol–water partition coefficient (Wildman–Crippen LogP) is 2.75. The number of carboxylic acid groups (broad SMARTS) is 1. The first-order valence-corrected chi connectivity index (χ1v) is 9.79. The van der Waals surface area contributed by atoms with Crippen molar-refractivity contribution in [3.8, 4) is 0 Å². The summed E-state index contributed by atoms with van der Waals surface area (Å²) < 4.78 is 0. The van der Waals surface area contributed by atoms with Crippen molar-refractivity contribution in [2.45, 2.75) is 13.3 Å². The second-order valence-corrected chi connectivity index (χ2v) is 7.80. The highest BCUT2D eigenvalue weighted by molar-refractivity contribution is 8.18. The minimum absolute atomic E-state index is 0.212. The van der Waals surface area contributed by atoms with E-state index >= 15 is 0 Å². The number of aliphatic carboxylic acids is 1. The van der Waals surface area contributed by atoms with Crippen molar-refractivity contribution in [2.75, 3.05) is 11.9 Å². The van der Waals surface area contributed by atoms with Crippen LogP contribution in [0.2, 0.25) is 0 Å². The Bertz CT molecular complexity index is 999. The number of hydrogen-bond acceptors (Lipinski definition) is 7. The second kappa shape index (κ2) is 8.36. The highest BCUT2D eigenvalue weighted by atomic mass is 32.2. The summed E-state index contributed by atoms with van der Waals surface area (Å²) >= 11 is 1.85. The molecule has 2 heterocycles. The number of carbonyl (C=O) groups is 4.